The summed E-state index contributed by atoms with van der Waals surface area (Å²) in [6.07, 6.45) is 3.96. The SMILES string of the molecule is CCCNC1CCCN(CC(C)(C)C(C)C)C1. The van der Waals surface area contributed by atoms with E-state index in [0.717, 1.165) is 12.0 Å². The van der Waals surface area contributed by atoms with E-state index < -0.39 is 0 Å². The van der Waals surface area contributed by atoms with E-state index in [-0.39, 0.29) is 0 Å². The summed E-state index contributed by atoms with van der Waals surface area (Å²) in [6, 6.07) is 0.728. The third-order valence-corrected chi connectivity index (χ3v) is 4.38. The quantitative estimate of drug-likeness (QED) is 0.767. The molecule has 1 aliphatic rings. The van der Waals surface area contributed by atoms with Crippen LogP contribution < -0.4 is 5.32 Å². The summed E-state index contributed by atoms with van der Waals surface area (Å²) in [5.74, 6) is 0.756. The molecule has 2 heteroatoms. The highest BCUT2D eigenvalue weighted by molar-refractivity contribution is 4.83. The highest BCUT2D eigenvalue weighted by Gasteiger charge is 2.28. The van der Waals surface area contributed by atoms with Gasteiger partial charge < -0.3 is 10.2 Å². The van der Waals surface area contributed by atoms with Gasteiger partial charge in [0.15, 0.2) is 0 Å². The molecule has 17 heavy (non-hydrogen) atoms. The Balaban J connectivity index is 2.39. The Bertz CT molecular complexity index is 211. The van der Waals surface area contributed by atoms with Crippen molar-refractivity contribution in [3.05, 3.63) is 0 Å². The van der Waals surface area contributed by atoms with Gasteiger partial charge in [-0.25, -0.2) is 0 Å². The maximum Gasteiger partial charge on any atom is 0.0195 e. The Morgan fingerprint density at radius 1 is 1.35 bits per heavy atom. The average Bonchev–Trinajstić information content (AvgIpc) is 2.26. The normalized spacial score (nSPS) is 23.3. The van der Waals surface area contributed by atoms with E-state index in [1.54, 1.807) is 0 Å². The molecule has 1 N–H and O–H groups in total. The van der Waals surface area contributed by atoms with Crippen LogP contribution in [0.1, 0.15) is 53.9 Å². The molecule has 0 amide bonds. The number of hydrogen-bond acceptors (Lipinski definition) is 2. The molecule has 1 aliphatic heterocycles. The number of rotatable bonds is 6. The zero-order valence-electron chi connectivity index (χ0n) is 12.6. The molecule has 2 nitrogen and oxygen atoms in total. The average molecular weight is 240 g/mol. The second-order valence-corrected chi connectivity index (χ2v) is 6.67. The van der Waals surface area contributed by atoms with Crippen molar-refractivity contribution in [1.82, 2.24) is 10.2 Å². The lowest BCUT2D eigenvalue weighted by atomic mass is 9.80. The van der Waals surface area contributed by atoms with Crippen LogP contribution in [0, 0.1) is 11.3 Å². The number of likely N-dealkylation sites (tertiary alicyclic amines) is 1. The van der Waals surface area contributed by atoms with Crippen LogP contribution >= 0.6 is 0 Å². The summed E-state index contributed by atoms with van der Waals surface area (Å²) in [5.41, 5.74) is 0.437. The molecule has 0 aromatic rings. The monoisotopic (exact) mass is 240 g/mol. The molecular weight excluding hydrogens is 208 g/mol. The van der Waals surface area contributed by atoms with Gasteiger partial charge in [0.1, 0.15) is 0 Å². The Hall–Kier alpha value is -0.0800. The van der Waals surface area contributed by atoms with Crippen molar-refractivity contribution in [2.24, 2.45) is 11.3 Å². The van der Waals surface area contributed by atoms with Crippen LogP contribution in [0.2, 0.25) is 0 Å². The van der Waals surface area contributed by atoms with Crippen LogP contribution in [0.5, 0.6) is 0 Å². The first kappa shape index (κ1) is 15.0. The van der Waals surface area contributed by atoms with Gasteiger partial charge in [-0.3, -0.25) is 0 Å². The number of nitrogens with one attached hydrogen (secondary N) is 1. The van der Waals surface area contributed by atoms with Crippen molar-refractivity contribution in [1.29, 1.82) is 0 Å². The lowest BCUT2D eigenvalue weighted by Crippen LogP contribution is -2.49. The summed E-state index contributed by atoms with van der Waals surface area (Å²) < 4.78 is 0. The van der Waals surface area contributed by atoms with Crippen molar-refractivity contribution < 1.29 is 0 Å². The smallest absolute Gasteiger partial charge is 0.0195 e. The van der Waals surface area contributed by atoms with Crippen LogP contribution in [-0.4, -0.2) is 37.1 Å². The third-order valence-electron chi connectivity index (χ3n) is 4.38. The fourth-order valence-corrected chi connectivity index (χ4v) is 2.47. The van der Waals surface area contributed by atoms with Gasteiger partial charge in [-0.2, -0.15) is 0 Å². The maximum atomic E-state index is 3.67. The fourth-order valence-electron chi connectivity index (χ4n) is 2.47. The van der Waals surface area contributed by atoms with E-state index in [9.17, 15) is 0 Å². The van der Waals surface area contributed by atoms with Crippen LogP contribution in [-0.2, 0) is 0 Å². The molecular formula is C15H32N2. The molecule has 0 radical (unpaired) electrons. The minimum absolute atomic E-state index is 0.437. The zero-order chi connectivity index (χ0) is 12.9. The first-order valence-corrected chi connectivity index (χ1v) is 7.41. The van der Waals surface area contributed by atoms with Gasteiger partial charge in [0, 0.05) is 19.1 Å². The number of nitrogens with zero attached hydrogens (tertiary/aromatic N) is 1. The fraction of sp³-hybridized carbons (Fsp3) is 1.00. The van der Waals surface area contributed by atoms with Gasteiger partial charge in [0.05, 0.1) is 0 Å². The van der Waals surface area contributed by atoms with Gasteiger partial charge in [-0.1, -0.05) is 34.6 Å². The predicted octanol–water partition coefficient (Wildman–Crippen LogP) is 3.13. The van der Waals surface area contributed by atoms with E-state index in [0.29, 0.717) is 5.41 Å². The summed E-state index contributed by atoms with van der Waals surface area (Å²) in [5, 5.41) is 3.67. The third kappa shape index (κ3) is 4.97. The molecule has 0 aromatic heterocycles. The van der Waals surface area contributed by atoms with Crippen molar-refractivity contribution in [2.75, 3.05) is 26.2 Å². The van der Waals surface area contributed by atoms with Gasteiger partial charge in [0.2, 0.25) is 0 Å². The van der Waals surface area contributed by atoms with Crippen molar-refractivity contribution in [3.63, 3.8) is 0 Å². The Labute approximate surface area is 108 Å². The highest BCUT2D eigenvalue weighted by Crippen LogP contribution is 2.28. The molecule has 1 rings (SSSR count). The Morgan fingerprint density at radius 2 is 2.06 bits per heavy atom. The van der Waals surface area contributed by atoms with Gasteiger partial charge in [-0.05, 0) is 43.7 Å². The molecule has 1 saturated heterocycles. The number of piperidine rings is 1. The molecule has 1 heterocycles. The summed E-state index contributed by atoms with van der Waals surface area (Å²) in [7, 11) is 0. The van der Waals surface area contributed by atoms with Gasteiger partial charge in [-0.15, -0.1) is 0 Å². The lowest BCUT2D eigenvalue weighted by Gasteiger charge is -2.40. The predicted molar refractivity (Wildman–Crippen MR) is 76.4 cm³/mol. The van der Waals surface area contributed by atoms with Crippen molar-refractivity contribution >= 4 is 0 Å². The molecule has 0 spiro atoms. The van der Waals surface area contributed by atoms with E-state index in [4.69, 9.17) is 0 Å². The molecule has 0 aliphatic carbocycles. The second-order valence-electron chi connectivity index (χ2n) is 6.67. The van der Waals surface area contributed by atoms with E-state index in [1.807, 2.05) is 0 Å². The zero-order valence-corrected chi connectivity index (χ0v) is 12.6. The minimum Gasteiger partial charge on any atom is -0.313 e. The van der Waals surface area contributed by atoms with Crippen LogP contribution in [0.3, 0.4) is 0 Å². The first-order chi connectivity index (χ1) is 7.95. The Kier molecular flexibility index (Phi) is 5.94. The van der Waals surface area contributed by atoms with Crippen LogP contribution in [0.4, 0.5) is 0 Å². The molecule has 1 fully saturated rings. The minimum atomic E-state index is 0.437. The van der Waals surface area contributed by atoms with Gasteiger partial charge in [0.25, 0.3) is 0 Å². The van der Waals surface area contributed by atoms with Crippen molar-refractivity contribution in [2.45, 2.75) is 59.9 Å². The molecule has 0 bridgehead atoms. The van der Waals surface area contributed by atoms with Crippen LogP contribution in [0.25, 0.3) is 0 Å². The highest BCUT2D eigenvalue weighted by atomic mass is 15.2. The van der Waals surface area contributed by atoms with Crippen molar-refractivity contribution in [3.8, 4) is 0 Å². The molecule has 0 aromatic carbocycles. The number of hydrogen-bond donors (Lipinski definition) is 1. The Morgan fingerprint density at radius 3 is 2.65 bits per heavy atom. The van der Waals surface area contributed by atoms with Gasteiger partial charge >= 0.3 is 0 Å². The summed E-state index contributed by atoms with van der Waals surface area (Å²) >= 11 is 0. The molecule has 1 atom stereocenters. The van der Waals surface area contributed by atoms with Crippen LogP contribution in [0.15, 0.2) is 0 Å². The summed E-state index contributed by atoms with van der Waals surface area (Å²) in [4.78, 5) is 2.66. The second kappa shape index (κ2) is 6.75. The first-order valence-electron chi connectivity index (χ1n) is 7.41. The molecule has 0 saturated carbocycles. The van der Waals surface area contributed by atoms with E-state index in [1.165, 1.54) is 45.4 Å². The summed E-state index contributed by atoms with van der Waals surface area (Å²) in [6.45, 7) is 16.7. The standard InChI is InChI=1S/C15H32N2/c1-6-9-16-14-8-7-10-17(11-14)12-15(4,5)13(2)3/h13-14,16H,6-12H2,1-5H3. The largest absolute Gasteiger partial charge is 0.313 e. The van der Waals surface area contributed by atoms with E-state index in [2.05, 4.69) is 44.8 Å². The lowest BCUT2D eigenvalue weighted by molar-refractivity contribution is 0.103. The topological polar surface area (TPSA) is 15.3 Å². The van der Waals surface area contributed by atoms with E-state index >= 15 is 0 Å². The molecule has 1 unspecified atom stereocenters. The maximum absolute atomic E-state index is 3.67. The molecule has 102 valence electrons.